The van der Waals surface area contributed by atoms with Crippen LogP contribution < -0.4 is 10.9 Å². The second-order valence-electron chi connectivity index (χ2n) is 8.01. The fourth-order valence-electron chi connectivity index (χ4n) is 3.90. The monoisotopic (exact) mass is 433 g/mol. The molecule has 6 heteroatoms. The van der Waals surface area contributed by atoms with Gasteiger partial charge in [0.15, 0.2) is 0 Å². The molecular weight excluding hydrogens is 406 g/mol. The minimum Gasteiger partial charge on any atom is -0.354 e. The van der Waals surface area contributed by atoms with Gasteiger partial charge in [-0.1, -0.05) is 48.5 Å². The second kappa shape index (κ2) is 9.43. The predicted octanol–water partition coefficient (Wildman–Crippen LogP) is 4.84. The van der Waals surface area contributed by atoms with Crippen molar-refractivity contribution in [3.05, 3.63) is 76.2 Å². The molecule has 1 N–H and O–H groups in total. The summed E-state index contributed by atoms with van der Waals surface area (Å²) in [6, 6.07) is 18.4. The van der Waals surface area contributed by atoms with Gasteiger partial charge in [0, 0.05) is 29.1 Å². The molecule has 2 heterocycles. The maximum atomic E-state index is 13.0. The predicted molar refractivity (Wildman–Crippen MR) is 128 cm³/mol. The number of hydrogen-bond acceptors (Lipinski definition) is 4. The van der Waals surface area contributed by atoms with Crippen LogP contribution in [0, 0.1) is 6.92 Å². The molecule has 0 saturated carbocycles. The van der Waals surface area contributed by atoms with Crippen LogP contribution in [0.3, 0.4) is 0 Å². The van der Waals surface area contributed by atoms with E-state index in [2.05, 4.69) is 22.5 Å². The lowest BCUT2D eigenvalue weighted by atomic mass is 10.1. The number of hydrogen-bond donors (Lipinski definition) is 1. The van der Waals surface area contributed by atoms with Gasteiger partial charge in [-0.3, -0.25) is 9.59 Å². The Kier molecular flexibility index (Phi) is 6.47. The first-order valence-electron chi connectivity index (χ1n) is 10.7. The molecule has 5 nitrogen and oxygen atoms in total. The van der Waals surface area contributed by atoms with E-state index in [1.54, 1.807) is 11.3 Å². The topological polar surface area (TPSA) is 64.0 Å². The molecule has 0 bridgehead atoms. The Hall–Kier alpha value is -2.99. The van der Waals surface area contributed by atoms with E-state index in [9.17, 15) is 9.59 Å². The number of nitrogens with zero attached hydrogens (tertiary/aromatic N) is 2. The summed E-state index contributed by atoms with van der Waals surface area (Å²) in [5, 5.41) is 9.29. The van der Waals surface area contributed by atoms with Crippen LogP contribution in [0.2, 0.25) is 0 Å². The van der Waals surface area contributed by atoms with Crippen molar-refractivity contribution in [2.75, 3.05) is 0 Å². The zero-order chi connectivity index (χ0) is 21.8. The van der Waals surface area contributed by atoms with Gasteiger partial charge in [0.2, 0.25) is 5.91 Å². The van der Waals surface area contributed by atoms with Gasteiger partial charge in [-0.15, -0.1) is 11.3 Å². The summed E-state index contributed by atoms with van der Waals surface area (Å²) in [6.45, 7) is 4.41. The Balaban J connectivity index is 1.35. The molecule has 0 unspecified atom stereocenters. The van der Waals surface area contributed by atoms with Crippen LogP contribution in [0.1, 0.15) is 37.4 Å². The summed E-state index contributed by atoms with van der Waals surface area (Å²) in [5.74, 6) is 0.0207. The molecule has 31 heavy (non-hydrogen) atoms. The van der Waals surface area contributed by atoms with Crippen molar-refractivity contribution >= 4 is 37.4 Å². The minimum absolute atomic E-state index is 0.0207. The van der Waals surface area contributed by atoms with Gasteiger partial charge in [0.1, 0.15) is 0 Å². The van der Waals surface area contributed by atoms with E-state index in [0.29, 0.717) is 19.4 Å². The van der Waals surface area contributed by atoms with E-state index in [-0.39, 0.29) is 17.5 Å². The average molecular weight is 434 g/mol. The summed E-state index contributed by atoms with van der Waals surface area (Å²) in [4.78, 5) is 25.4. The van der Waals surface area contributed by atoms with Crippen LogP contribution in [-0.2, 0) is 17.8 Å². The third-order valence-corrected chi connectivity index (χ3v) is 6.81. The van der Waals surface area contributed by atoms with Crippen molar-refractivity contribution in [2.45, 2.75) is 52.1 Å². The van der Waals surface area contributed by atoms with Gasteiger partial charge < -0.3 is 5.32 Å². The number of thiophene rings is 1. The highest BCUT2D eigenvalue weighted by Gasteiger charge is 2.15. The number of aromatic nitrogens is 2. The summed E-state index contributed by atoms with van der Waals surface area (Å²) in [6.07, 6.45) is 2.80. The Morgan fingerprint density at radius 2 is 1.87 bits per heavy atom. The number of nitrogens with one attached hydrogen (secondary N) is 1. The highest BCUT2D eigenvalue weighted by molar-refractivity contribution is 7.26. The Labute approximate surface area is 185 Å². The minimum atomic E-state index is -0.0744. The number of amides is 1. The zero-order valence-corrected chi connectivity index (χ0v) is 18.7. The van der Waals surface area contributed by atoms with Gasteiger partial charge in [-0.25, -0.2) is 4.68 Å². The standard InChI is InChI=1S/C25H27N3O2S/c1-17(14-15-19-9-4-3-5-10-19)26-22(29)13-8-16-28-25(30)23-20-11-6-7-12-21(20)31-24(23)18(2)27-28/h3-7,9-12,17H,8,13-16H2,1-2H3,(H,26,29)/t17-/m1/s1. The van der Waals surface area contributed by atoms with Crippen LogP contribution in [0.25, 0.3) is 20.2 Å². The van der Waals surface area contributed by atoms with Crippen molar-refractivity contribution in [3.63, 3.8) is 0 Å². The fraction of sp³-hybridized carbons (Fsp3) is 0.320. The van der Waals surface area contributed by atoms with Crippen molar-refractivity contribution in [1.29, 1.82) is 0 Å². The van der Waals surface area contributed by atoms with Gasteiger partial charge in [0.05, 0.1) is 15.8 Å². The highest BCUT2D eigenvalue weighted by atomic mass is 32.1. The molecule has 2 aromatic heterocycles. The zero-order valence-electron chi connectivity index (χ0n) is 17.9. The largest absolute Gasteiger partial charge is 0.354 e. The molecule has 0 aliphatic rings. The highest BCUT2D eigenvalue weighted by Crippen LogP contribution is 2.32. The van der Waals surface area contributed by atoms with E-state index in [1.807, 2.05) is 56.3 Å². The van der Waals surface area contributed by atoms with Crippen molar-refractivity contribution < 1.29 is 4.79 Å². The van der Waals surface area contributed by atoms with Crippen molar-refractivity contribution in [1.82, 2.24) is 15.1 Å². The van der Waals surface area contributed by atoms with E-state index < -0.39 is 0 Å². The fourth-order valence-corrected chi connectivity index (χ4v) is 5.04. The first-order chi connectivity index (χ1) is 15.0. The number of rotatable bonds is 8. The molecule has 0 radical (unpaired) electrons. The Morgan fingerprint density at radius 1 is 1.13 bits per heavy atom. The van der Waals surface area contributed by atoms with Gasteiger partial charge >= 0.3 is 0 Å². The normalized spacial score (nSPS) is 12.3. The maximum Gasteiger partial charge on any atom is 0.276 e. The molecular formula is C25H27N3O2S. The Bertz CT molecular complexity index is 1260. The third-order valence-electron chi connectivity index (χ3n) is 5.53. The van der Waals surface area contributed by atoms with Crippen LogP contribution in [-0.4, -0.2) is 21.7 Å². The summed E-state index contributed by atoms with van der Waals surface area (Å²) < 4.78 is 3.57. The molecule has 0 saturated heterocycles. The van der Waals surface area contributed by atoms with Crippen LogP contribution in [0.15, 0.2) is 59.4 Å². The lowest BCUT2D eigenvalue weighted by Gasteiger charge is -2.14. The van der Waals surface area contributed by atoms with Gasteiger partial charge in [-0.2, -0.15) is 5.10 Å². The molecule has 160 valence electrons. The first kappa shape index (κ1) is 21.2. The SMILES string of the molecule is Cc1nn(CCCC(=O)N[C@H](C)CCc2ccccc2)c(=O)c2c1sc1ccccc12. The van der Waals surface area contributed by atoms with Crippen molar-refractivity contribution in [2.24, 2.45) is 0 Å². The quantitative estimate of drug-likeness (QED) is 0.433. The van der Waals surface area contributed by atoms with Gasteiger partial charge in [-0.05, 0) is 44.7 Å². The molecule has 0 spiro atoms. The Morgan fingerprint density at radius 3 is 2.68 bits per heavy atom. The molecule has 1 atom stereocenters. The summed E-state index contributed by atoms with van der Waals surface area (Å²) in [5.41, 5.74) is 2.06. The van der Waals surface area contributed by atoms with Gasteiger partial charge in [0.25, 0.3) is 5.56 Å². The van der Waals surface area contributed by atoms with Crippen LogP contribution in [0.4, 0.5) is 0 Å². The first-order valence-corrected chi connectivity index (χ1v) is 11.6. The van der Waals surface area contributed by atoms with Crippen molar-refractivity contribution in [3.8, 4) is 0 Å². The third kappa shape index (κ3) is 4.85. The molecule has 4 rings (SSSR count). The molecule has 2 aromatic carbocycles. The maximum absolute atomic E-state index is 13.0. The lowest BCUT2D eigenvalue weighted by molar-refractivity contribution is -0.121. The number of carbonyl (C=O) groups excluding carboxylic acids is 1. The number of benzene rings is 2. The van der Waals surface area contributed by atoms with Crippen LogP contribution in [0.5, 0.6) is 0 Å². The van der Waals surface area contributed by atoms with E-state index in [1.165, 1.54) is 10.2 Å². The molecule has 4 aromatic rings. The summed E-state index contributed by atoms with van der Waals surface area (Å²) in [7, 11) is 0. The lowest BCUT2D eigenvalue weighted by Crippen LogP contribution is -2.33. The smallest absolute Gasteiger partial charge is 0.276 e. The number of fused-ring (bicyclic) bond motifs is 3. The summed E-state index contributed by atoms with van der Waals surface area (Å²) >= 11 is 1.61. The molecule has 1 amide bonds. The molecule has 0 aliphatic heterocycles. The molecule has 0 fully saturated rings. The second-order valence-corrected chi connectivity index (χ2v) is 9.06. The van der Waals surface area contributed by atoms with Crippen LogP contribution >= 0.6 is 11.3 Å². The van der Waals surface area contributed by atoms with E-state index >= 15 is 0 Å². The van der Waals surface area contributed by atoms with E-state index in [4.69, 9.17) is 0 Å². The number of carbonyl (C=O) groups is 1. The number of aryl methyl sites for hydroxylation is 3. The average Bonchev–Trinajstić information content (AvgIpc) is 3.17. The van der Waals surface area contributed by atoms with E-state index in [0.717, 1.165) is 38.7 Å². The molecule has 0 aliphatic carbocycles.